The number of hydrogen-bond donors (Lipinski definition) is 1. The van der Waals surface area contributed by atoms with E-state index in [0.29, 0.717) is 12.3 Å². The Kier molecular flexibility index (Phi) is 6.42. The zero-order valence-corrected chi connectivity index (χ0v) is 12.0. The van der Waals surface area contributed by atoms with Gasteiger partial charge in [0.25, 0.3) is 0 Å². The highest BCUT2D eigenvalue weighted by Crippen LogP contribution is 2.30. The van der Waals surface area contributed by atoms with Crippen molar-refractivity contribution in [1.29, 1.82) is 0 Å². The van der Waals surface area contributed by atoms with Gasteiger partial charge in [-0.2, -0.15) is 13.2 Å². The minimum Gasteiger partial charge on any atom is -0.385 e. The quantitative estimate of drug-likeness (QED) is 0.835. The van der Waals surface area contributed by atoms with E-state index in [9.17, 15) is 13.2 Å². The second-order valence-corrected chi connectivity index (χ2v) is 4.76. The third kappa shape index (κ3) is 4.76. The van der Waals surface area contributed by atoms with Crippen LogP contribution in [0.15, 0.2) is 18.3 Å². The van der Waals surface area contributed by atoms with Crippen molar-refractivity contribution in [1.82, 2.24) is 10.3 Å². The summed E-state index contributed by atoms with van der Waals surface area (Å²) in [5, 5.41) is 3.27. The Balaban J connectivity index is 2.86. The number of hydrogen-bond acceptors (Lipinski definition) is 3. The highest BCUT2D eigenvalue weighted by Gasteiger charge is 2.31. The summed E-state index contributed by atoms with van der Waals surface area (Å²) in [5.74, 6) is 0.221. The molecule has 0 fully saturated rings. The molecule has 0 saturated carbocycles. The maximum absolute atomic E-state index is 12.5. The Bertz CT molecular complexity index is 392. The lowest BCUT2D eigenvalue weighted by Gasteiger charge is -2.24. The fourth-order valence-electron chi connectivity index (χ4n) is 2.04. The van der Waals surface area contributed by atoms with Crippen LogP contribution in [0.4, 0.5) is 13.2 Å². The molecule has 0 radical (unpaired) electrons. The van der Waals surface area contributed by atoms with Crippen LogP contribution in [0.25, 0.3) is 0 Å². The minimum absolute atomic E-state index is 0.0718. The van der Waals surface area contributed by atoms with Crippen LogP contribution in [-0.2, 0) is 10.9 Å². The van der Waals surface area contributed by atoms with E-state index in [-0.39, 0.29) is 12.0 Å². The van der Waals surface area contributed by atoms with Crippen LogP contribution in [-0.4, -0.2) is 25.2 Å². The topological polar surface area (TPSA) is 34.2 Å². The van der Waals surface area contributed by atoms with Gasteiger partial charge in [0.15, 0.2) is 0 Å². The number of methoxy groups -OCH3 is 1. The molecule has 0 aliphatic heterocycles. The highest BCUT2D eigenvalue weighted by atomic mass is 19.4. The van der Waals surface area contributed by atoms with Gasteiger partial charge >= 0.3 is 6.18 Å². The Morgan fingerprint density at radius 2 is 2.05 bits per heavy atom. The molecule has 114 valence electrons. The minimum atomic E-state index is -4.35. The molecule has 0 aliphatic carbocycles. The van der Waals surface area contributed by atoms with E-state index in [1.807, 2.05) is 13.8 Å². The number of ether oxygens (including phenoxy) is 1. The van der Waals surface area contributed by atoms with Gasteiger partial charge in [0.05, 0.1) is 17.3 Å². The third-order valence-corrected chi connectivity index (χ3v) is 3.20. The molecule has 3 nitrogen and oxygen atoms in total. The summed E-state index contributed by atoms with van der Waals surface area (Å²) in [5.41, 5.74) is -0.0931. The first-order valence-corrected chi connectivity index (χ1v) is 6.65. The summed E-state index contributed by atoms with van der Waals surface area (Å²) in [7, 11) is 1.63. The van der Waals surface area contributed by atoms with Gasteiger partial charge < -0.3 is 10.1 Å². The largest absolute Gasteiger partial charge is 0.417 e. The summed E-state index contributed by atoms with van der Waals surface area (Å²) in [4.78, 5) is 3.97. The maximum Gasteiger partial charge on any atom is 0.417 e. The SMILES string of the molecule is CCNC(c1ccc(C(F)(F)F)cn1)C(C)CCOC. The first kappa shape index (κ1) is 16.9. The van der Waals surface area contributed by atoms with Crippen molar-refractivity contribution in [2.75, 3.05) is 20.3 Å². The molecule has 0 aromatic carbocycles. The van der Waals surface area contributed by atoms with Gasteiger partial charge in [-0.25, -0.2) is 0 Å². The van der Waals surface area contributed by atoms with Gasteiger partial charge in [-0.1, -0.05) is 13.8 Å². The molecule has 1 aromatic heterocycles. The first-order valence-electron chi connectivity index (χ1n) is 6.65. The summed E-state index contributed by atoms with van der Waals surface area (Å²) in [6.07, 6.45) is -2.64. The fourth-order valence-corrected chi connectivity index (χ4v) is 2.04. The highest BCUT2D eigenvalue weighted by molar-refractivity contribution is 5.19. The number of pyridine rings is 1. The van der Waals surface area contributed by atoms with Crippen LogP contribution in [0.1, 0.15) is 37.6 Å². The summed E-state index contributed by atoms with van der Waals surface area (Å²) in [6, 6.07) is 2.45. The average molecular weight is 290 g/mol. The van der Waals surface area contributed by atoms with Crippen molar-refractivity contribution in [2.24, 2.45) is 5.92 Å². The Hall–Kier alpha value is -1.14. The van der Waals surface area contributed by atoms with E-state index in [0.717, 1.165) is 25.2 Å². The van der Waals surface area contributed by atoms with Crippen LogP contribution in [0.5, 0.6) is 0 Å². The Labute approximate surface area is 117 Å². The molecule has 0 amide bonds. The second-order valence-electron chi connectivity index (χ2n) is 4.76. The number of alkyl halides is 3. The van der Waals surface area contributed by atoms with Crippen molar-refractivity contribution in [3.63, 3.8) is 0 Å². The average Bonchev–Trinajstić information content (AvgIpc) is 2.41. The molecule has 1 N–H and O–H groups in total. The number of rotatable bonds is 7. The molecule has 0 bridgehead atoms. The van der Waals surface area contributed by atoms with E-state index >= 15 is 0 Å². The molecule has 1 rings (SSSR count). The van der Waals surface area contributed by atoms with Crippen molar-refractivity contribution < 1.29 is 17.9 Å². The normalized spacial score (nSPS) is 15.1. The molecule has 2 unspecified atom stereocenters. The van der Waals surface area contributed by atoms with Crippen LogP contribution < -0.4 is 5.32 Å². The van der Waals surface area contributed by atoms with E-state index < -0.39 is 11.7 Å². The van der Waals surface area contributed by atoms with Crippen LogP contribution in [0.2, 0.25) is 0 Å². The zero-order chi connectivity index (χ0) is 15.2. The molecule has 6 heteroatoms. The van der Waals surface area contributed by atoms with Gasteiger partial charge in [0, 0.05) is 19.9 Å². The molecule has 1 heterocycles. The number of nitrogens with one attached hydrogen (secondary N) is 1. The second kappa shape index (κ2) is 7.59. The number of aromatic nitrogens is 1. The van der Waals surface area contributed by atoms with Crippen LogP contribution in [0, 0.1) is 5.92 Å². The third-order valence-electron chi connectivity index (χ3n) is 3.20. The van der Waals surface area contributed by atoms with Crippen molar-refractivity contribution in [2.45, 2.75) is 32.5 Å². The van der Waals surface area contributed by atoms with Gasteiger partial charge in [-0.15, -0.1) is 0 Å². The Morgan fingerprint density at radius 3 is 2.50 bits per heavy atom. The lowest BCUT2D eigenvalue weighted by atomic mass is 9.95. The van der Waals surface area contributed by atoms with Crippen LogP contribution in [0.3, 0.4) is 0 Å². The van der Waals surface area contributed by atoms with Crippen LogP contribution >= 0.6 is 0 Å². The monoisotopic (exact) mass is 290 g/mol. The molecule has 0 aliphatic rings. The van der Waals surface area contributed by atoms with Gasteiger partial charge in [-0.3, -0.25) is 4.98 Å². The number of halogens is 3. The Morgan fingerprint density at radius 1 is 1.35 bits per heavy atom. The fraction of sp³-hybridized carbons (Fsp3) is 0.643. The van der Waals surface area contributed by atoms with E-state index in [2.05, 4.69) is 10.3 Å². The van der Waals surface area contributed by atoms with E-state index in [4.69, 9.17) is 4.74 Å². The summed E-state index contributed by atoms with van der Waals surface area (Å²) < 4.78 is 42.6. The molecular formula is C14H21F3N2O. The molecule has 0 spiro atoms. The predicted octanol–water partition coefficient (Wildman–Crippen LogP) is 3.42. The lowest BCUT2D eigenvalue weighted by molar-refractivity contribution is -0.137. The lowest BCUT2D eigenvalue weighted by Crippen LogP contribution is -2.28. The van der Waals surface area contributed by atoms with E-state index in [1.165, 1.54) is 6.07 Å². The summed E-state index contributed by atoms with van der Waals surface area (Å²) >= 11 is 0. The standard InChI is InChI=1S/C14H21F3N2O/c1-4-18-13(10(2)7-8-20-3)12-6-5-11(9-19-12)14(15,16)17/h5-6,9-10,13,18H,4,7-8H2,1-3H3. The van der Waals surface area contributed by atoms with Gasteiger partial charge in [0.2, 0.25) is 0 Å². The molecule has 2 atom stereocenters. The molecular weight excluding hydrogens is 269 g/mol. The molecule has 20 heavy (non-hydrogen) atoms. The first-order chi connectivity index (χ1) is 9.40. The van der Waals surface area contributed by atoms with Crippen molar-refractivity contribution >= 4 is 0 Å². The summed E-state index contributed by atoms with van der Waals surface area (Å²) in [6.45, 7) is 5.33. The molecule has 1 aromatic rings. The van der Waals surface area contributed by atoms with Crippen molar-refractivity contribution in [3.05, 3.63) is 29.6 Å². The predicted molar refractivity (Wildman–Crippen MR) is 71.3 cm³/mol. The zero-order valence-electron chi connectivity index (χ0n) is 12.0. The molecule has 0 saturated heterocycles. The number of nitrogens with zero attached hydrogens (tertiary/aromatic N) is 1. The van der Waals surface area contributed by atoms with Crippen molar-refractivity contribution in [3.8, 4) is 0 Å². The van der Waals surface area contributed by atoms with E-state index in [1.54, 1.807) is 7.11 Å². The smallest absolute Gasteiger partial charge is 0.385 e. The van der Waals surface area contributed by atoms with Gasteiger partial charge in [-0.05, 0) is 31.0 Å². The maximum atomic E-state index is 12.5. The van der Waals surface area contributed by atoms with Gasteiger partial charge in [0.1, 0.15) is 0 Å².